The van der Waals surface area contributed by atoms with Crippen LogP contribution in [-0.2, 0) is 11.2 Å². The Balaban J connectivity index is 1.90. The van der Waals surface area contributed by atoms with Crippen LogP contribution in [0.25, 0.3) is 0 Å². The van der Waals surface area contributed by atoms with E-state index in [1.54, 1.807) is 12.1 Å². The van der Waals surface area contributed by atoms with Crippen LogP contribution in [-0.4, -0.2) is 53.7 Å². The van der Waals surface area contributed by atoms with Gasteiger partial charge in [0.25, 0.3) is 5.91 Å². The first-order valence-corrected chi connectivity index (χ1v) is 8.77. The highest BCUT2D eigenvalue weighted by Crippen LogP contribution is 2.35. The molecule has 0 radical (unpaired) electrons. The van der Waals surface area contributed by atoms with Gasteiger partial charge < -0.3 is 15.7 Å². The lowest BCUT2D eigenvalue weighted by Gasteiger charge is -2.38. The summed E-state index contributed by atoms with van der Waals surface area (Å²) in [6.45, 7) is 1.73. The molecule has 0 bridgehead atoms. The van der Waals surface area contributed by atoms with Gasteiger partial charge in [-0.25, -0.2) is 9.18 Å². The highest BCUT2D eigenvalue weighted by Gasteiger charge is 2.55. The van der Waals surface area contributed by atoms with E-state index in [4.69, 9.17) is 5.11 Å². The third-order valence-electron chi connectivity index (χ3n) is 5.17. The van der Waals surface area contributed by atoms with E-state index >= 15 is 0 Å². The van der Waals surface area contributed by atoms with Gasteiger partial charge in [-0.2, -0.15) is 0 Å². The lowest BCUT2D eigenvalue weighted by molar-refractivity contribution is -0.133. The number of carbonyl (C=O) groups excluding carboxylic acids is 2. The van der Waals surface area contributed by atoms with Gasteiger partial charge in [0, 0.05) is 19.6 Å². The molecular formula is C18H24FN3O3. The number of hydrogen-bond acceptors (Lipinski definition) is 4. The molecule has 0 aromatic heterocycles. The zero-order valence-corrected chi connectivity index (χ0v) is 14.1. The van der Waals surface area contributed by atoms with Crippen LogP contribution in [0.2, 0.25) is 0 Å². The minimum atomic E-state index is -0.994. The van der Waals surface area contributed by atoms with Crippen molar-refractivity contribution >= 4 is 11.9 Å². The van der Waals surface area contributed by atoms with Gasteiger partial charge in [0.05, 0.1) is 0 Å². The molecular weight excluding hydrogens is 325 g/mol. The molecule has 136 valence electrons. The smallest absolute Gasteiger partial charge is 0.325 e. The Labute approximate surface area is 146 Å². The Morgan fingerprint density at radius 1 is 1.20 bits per heavy atom. The summed E-state index contributed by atoms with van der Waals surface area (Å²) in [5.41, 5.74) is -0.176. The van der Waals surface area contributed by atoms with Crippen molar-refractivity contribution in [2.24, 2.45) is 5.92 Å². The number of imide groups is 1. The van der Waals surface area contributed by atoms with Crippen molar-refractivity contribution in [1.29, 1.82) is 0 Å². The Hall–Kier alpha value is -1.99. The Kier molecular flexibility index (Phi) is 5.34. The standard InChI is InChI=1S/C18H24FN3O3/c19-15-4-2-13(3-5-15)12-18(14-6-8-20-9-7-14)16(24)22(10-1-11-23)17(25)21-18/h2-5,14,20,23H,1,6-12H2,(H,21,25). The Morgan fingerprint density at radius 3 is 2.52 bits per heavy atom. The van der Waals surface area contributed by atoms with Gasteiger partial charge in [0.2, 0.25) is 0 Å². The van der Waals surface area contributed by atoms with Crippen LogP contribution in [0.1, 0.15) is 24.8 Å². The van der Waals surface area contributed by atoms with E-state index in [0.717, 1.165) is 31.5 Å². The van der Waals surface area contributed by atoms with Crippen molar-refractivity contribution in [3.8, 4) is 0 Å². The number of halogens is 1. The SMILES string of the molecule is O=C1NC(Cc2ccc(F)cc2)(C2CCNCC2)C(=O)N1CCCO. The second-order valence-electron chi connectivity index (χ2n) is 6.76. The van der Waals surface area contributed by atoms with Crippen LogP contribution in [0.3, 0.4) is 0 Å². The second-order valence-corrected chi connectivity index (χ2v) is 6.76. The fourth-order valence-electron chi connectivity index (χ4n) is 3.86. The predicted molar refractivity (Wildman–Crippen MR) is 90.4 cm³/mol. The molecule has 3 N–H and O–H groups in total. The third kappa shape index (κ3) is 3.52. The quantitative estimate of drug-likeness (QED) is 0.671. The largest absolute Gasteiger partial charge is 0.396 e. The maximum Gasteiger partial charge on any atom is 0.325 e. The average molecular weight is 349 g/mol. The minimum Gasteiger partial charge on any atom is -0.396 e. The van der Waals surface area contributed by atoms with Crippen LogP contribution in [0.15, 0.2) is 24.3 Å². The molecule has 3 amide bonds. The first-order chi connectivity index (χ1) is 12.1. The summed E-state index contributed by atoms with van der Waals surface area (Å²) in [6, 6.07) is 5.66. The summed E-state index contributed by atoms with van der Waals surface area (Å²) in [5, 5.41) is 15.2. The fraction of sp³-hybridized carbons (Fsp3) is 0.556. The maximum atomic E-state index is 13.2. The van der Waals surface area contributed by atoms with E-state index in [2.05, 4.69) is 10.6 Å². The number of nitrogens with one attached hydrogen (secondary N) is 2. The maximum absolute atomic E-state index is 13.2. The summed E-state index contributed by atoms with van der Waals surface area (Å²) in [6.07, 6.45) is 2.29. The Morgan fingerprint density at radius 2 is 1.88 bits per heavy atom. The van der Waals surface area contributed by atoms with Gasteiger partial charge in [-0.3, -0.25) is 9.69 Å². The van der Waals surface area contributed by atoms with Crippen LogP contribution >= 0.6 is 0 Å². The first kappa shape index (κ1) is 17.8. The molecule has 2 aliphatic rings. The van der Waals surface area contributed by atoms with Crippen molar-refractivity contribution < 1.29 is 19.1 Å². The molecule has 0 aliphatic carbocycles. The number of benzene rings is 1. The average Bonchev–Trinajstić information content (AvgIpc) is 2.87. The van der Waals surface area contributed by atoms with Gasteiger partial charge in [0.1, 0.15) is 11.4 Å². The van der Waals surface area contributed by atoms with E-state index < -0.39 is 11.6 Å². The fourth-order valence-corrected chi connectivity index (χ4v) is 3.86. The zero-order chi connectivity index (χ0) is 17.9. The highest BCUT2D eigenvalue weighted by molar-refractivity contribution is 6.07. The van der Waals surface area contributed by atoms with Crippen molar-refractivity contribution in [3.63, 3.8) is 0 Å². The number of carbonyl (C=O) groups is 2. The van der Waals surface area contributed by atoms with E-state index in [-0.39, 0.29) is 30.8 Å². The molecule has 1 atom stereocenters. The van der Waals surface area contributed by atoms with Crippen LogP contribution < -0.4 is 10.6 Å². The van der Waals surface area contributed by atoms with Crippen LogP contribution in [0.5, 0.6) is 0 Å². The third-order valence-corrected chi connectivity index (χ3v) is 5.17. The molecule has 0 spiro atoms. The van der Waals surface area contributed by atoms with Crippen LogP contribution in [0, 0.1) is 11.7 Å². The van der Waals surface area contributed by atoms with Crippen molar-refractivity contribution in [1.82, 2.24) is 15.5 Å². The Bertz CT molecular complexity index is 631. The molecule has 7 heteroatoms. The number of aliphatic hydroxyl groups is 1. The van der Waals surface area contributed by atoms with Crippen molar-refractivity contribution in [2.75, 3.05) is 26.2 Å². The lowest BCUT2D eigenvalue weighted by atomic mass is 9.74. The topological polar surface area (TPSA) is 81.7 Å². The minimum absolute atomic E-state index is 0.0226. The van der Waals surface area contributed by atoms with Gasteiger partial charge >= 0.3 is 6.03 Å². The molecule has 1 aromatic rings. The van der Waals surface area contributed by atoms with E-state index in [0.29, 0.717) is 12.8 Å². The van der Waals surface area contributed by atoms with E-state index in [1.807, 2.05) is 0 Å². The normalized spacial score (nSPS) is 24.6. The number of hydrogen-bond donors (Lipinski definition) is 3. The van der Waals surface area contributed by atoms with E-state index in [1.165, 1.54) is 17.0 Å². The summed E-state index contributed by atoms with van der Waals surface area (Å²) in [4.78, 5) is 26.8. The molecule has 25 heavy (non-hydrogen) atoms. The summed E-state index contributed by atoms with van der Waals surface area (Å²) in [5.74, 6) is -0.539. The van der Waals surface area contributed by atoms with Gasteiger partial charge in [-0.05, 0) is 56.0 Å². The molecule has 0 saturated carbocycles. The summed E-state index contributed by atoms with van der Waals surface area (Å²) >= 11 is 0. The number of rotatable bonds is 6. The van der Waals surface area contributed by atoms with Gasteiger partial charge in [0.15, 0.2) is 0 Å². The molecule has 2 saturated heterocycles. The summed E-state index contributed by atoms with van der Waals surface area (Å²) < 4.78 is 13.2. The summed E-state index contributed by atoms with van der Waals surface area (Å²) in [7, 11) is 0. The molecule has 1 unspecified atom stereocenters. The van der Waals surface area contributed by atoms with E-state index in [9.17, 15) is 14.0 Å². The second kappa shape index (κ2) is 7.49. The highest BCUT2D eigenvalue weighted by atomic mass is 19.1. The monoisotopic (exact) mass is 349 g/mol. The predicted octanol–water partition coefficient (Wildman–Crippen LogP) is 1.04. The molecule has 2 aliphatic heterocycles. The number of urea groups is 1. The molecule has 2 fully saturated rings. The van der Waals surface area contributed by atoms with Crippen molar-refractivity contribution in [3.05, 3.63) is 35.6 Å². The van der Waals surface area contributed by atoms with Gasteiger partial charge in [-0.15, -0.1) is 0 Å². The number of nitrogens with zero attached hydrogens (tertiary/aromatic N) is 1. The lowest BCUT2D eigenvalue weighted by Crippen LogP contribution is -2.57. The number of amides is 3. The van der Waals surface area contributed by atoms with Gasteiger partial charge in [-0.1, -0.05) is 12.1 Å². The molecule has 2 heterocycles. The molecule has 1 aromatic carbocycles. The number of aliphatic hydroxyl groups excluding tert-OH is 1. The molecule has 3 rings (SSSR count). The first-order valence-electron chi connectivity index (χ1n) is 8.77. The molecule has 6 nitrogen and oxygen atoms in total. The zero-order valence-electron chi connectivity index (χ0n) is 14.1. The van der Waals surface area contributed by atoms with Crippen molar-refractivity contribution in [2.45, 2.75) is 31.2 Å². The number of piperidine rings is 1. The van der Waals surface area contributed by atoms with Crippen LogP contribution in [0.4, 0.5) is 9.18 Å².